The van der Waals surface area contributed by atoms with E-state index in [0.29, 0.717) is 22.9 Å². The van der Waals surface area contributed by atoms with Crippen LogP contribution in [-0.4, -0.2) is 22.4 Å². The van der Waals surface area contributed by atoms with Gasteiger partial charge in [0.25, 0.3) is 5.91 Å². The summed E-state index contributed by atoms with van der Waals surface area (Å²) in [4.78, 5) is 20.7. The first-order valence-electron chi connectivity index (χ1n) is 9.45. The molecule has 1 heterocycles. The van der Waals surface area contributed by atoms with E-state index in [0.717, 1.165) is 31.6 Å². The topological polar surface area (TPSA) is 76.1 Å². The highest BCUT2D eigenvalue weighted by molar-refractivity contribution is 6.03. The van der Waals surface area contributed by atoms with Crippen molar-refractivity contribution in [1.29, 1.82) is 0 Å². The Bertz CT molecular complexity index is 883. The third-order valence-corrected chi connectivity index (χ3v) is 4.08. The van der Waals surface area contributed by atoms with Crippen LogP contribution in [0.2, 0.25) is 0 Å². The van der Waals surface area contributed by atoms with Crippen LogP contribution < -0.4 is 15.4 Å². The van der Waals surface area contributed by atoms with Crippen molar-refractivity contribution in [3.05, 3.63) is 72.7 Å². The van der Waals surface area contributed by atoms with Gasteiger partial charge < -0.3 is 15.4 Å². The lowest BCUT2D eigenvalue weighted by Gasteiger charge is -2.09. The number of carbonyl (C=O) groups excluding carboxylic acids is 1. The van der Waals surface area contributed by atoms with E-state index in [1.54, 1.807) is 18.2 Å². The Morgan fingerprint density at radius 3 is 2.46 bits per heavy atom. The maximum atomic E-state index is 12.5. The summed E-state index contributed by atoms with van der Waals surface area (Å²) >= 11 is 0. The van der Waals surface area contributed by atoms with Crippen LogP contribution in [0.3, 0.4) is 0 Å². The molecule has 6 heteroatoms. The molecule has 2 aromatic carbocycles. The summed E-state index contributed by atoms with van der Waals surface area (Å²) in [6.07, 6.45) is 4.79. The summed E-state index contributed by atoms with van der Waals surface area (Å²) in [5.74, 6) is 1.84. The van der Waals surface area contributed by atoms with E-state index in [4.69, 9.17) is 4.74 Å². The van der Waals surface area contributed by atoms with Crippen LogP contribution >= 0.6 is 0 Å². The van der Waals surface area contributed by atoms with Crippen molar-refractivity contribution in [1.82, 2.24) is 9.97 Å². The number of aromatic nitrogens is 2. The SMILES string of the molecule is CCCCCNc1cc(C(=O)Nc2ccc(Oc3ccccc3)cc2)ncn1. The Labute approximate surface area is 165 Å². The number of unbranched alkanes of at least 4 members (excludes halogenated alkanes) is 2. The Balaban J connectivity index is 1.57. The second-order valence-electron chi connectivity index (χ2n) is 6.32. The van der Waals surface area contributed by atoms with Crippen LogP contribution in [0.4, 0.5) is 11.5 Å². The number of rotatable bonds is 9. The minimum atomic E-state index is -0.282. The molecule has 6 nitrogen and oxygen atoms in total. The summed E-state index contributed by atoms with van der Waals surface area (Å²) in [7, 11) is 0. The lowest BCUT2D eigenvalue weighted by molar-refractivity contribution is 0.102. The Kier molecular flexibility index (Phi) is 6.95. The molecule has 3 aromatic rings. The predicted octanol–water partition coefficient (Wildman–Crippen LogP) is 5.12. The number of carbonyl (C=O) groups is 1. The first-order chi connectivity index (χ1) is 13.7. The van der Waals surface area contributed by atoms with Crippen LogP contribution in [0.1, 0.15) is 36.7 Å². The zero-order valence-electron chi connectivity index (χ0n) is 15.9. The van der Waals surface area contributed by atoms with Crippen LogP contribution in [0, 0.1) is 0 Å². The number of benzene rings is 2. The highest BCUT2D eigenvalue weighted by atomic mass is 16.5. The lowest BCUT2D eigenvalue weighted by atomic mass is 10.2. The van der Waals surface area contributed by atoms with Crippen molar-refractivity contribution in [3.8, 4) is 11.5 Å². The molecule has 0 fully saturated rings. The molecule has 0 saturated heterocycles. The van der Waals surface area contributed by atoms with Gasteiger partial charge in [0.2, 0.25) is 0 Å². The van der Waals surface area contributed by atoms with Crippen molar-refractivity contribution in [2.45, 2.75) is 26.2 Å². The van der Waals surface area contributed by atoms with Crippen LogP contribution in [0.25, 0.3) is 0 Å². The third kappa shape index (κ3) is 5.81. The Morgan fingerprint density at radius 1 is 0.964 bits per heavy atom. The highest BCUT2D eigenvalue weighted by Crippen LogP contribution is 2.22. The Hall–Kier alpha value is -3.41. The average molecular weight is 376 g/mol. The molecule has 0 unspecified atom stereocenters. The molecule has 0 saturated carbocycles. The van der Waals surface area contributed by atoms with Gasteiger partial charge in [0, 0.05) is 18.3 Å². The molecular weight excluding hydrogens is 352 g/mol. The molecule has 1 amide bonds. The molecule has 3 rings (SSSR count). The van der Waals surface area contributed by atoms with Gasteiger partial charge >= 0.3 is 0 Å². The number of hydrogen-bond donors (Lipinski definition) is 2. The van der Waals surface area contributed by atoms with Gasteiger partial charge in [0.05, 0.1) is 0 Å². The maximum absolute atomic E-state index is 12.5. The van der Waals surface area contributed by atoms with Crippen molar-refractivity contribution in [2.75, 3.05) is 17.2 Å². The lowest BCUT2D eigenvalue weighted by Crippen LogP contribution is -2.14. The summed E-state index contributed by atoms with van der Waals surface area (Å²) in [5.41, 5.74) is 0.985. The van der Waals surface area contributed by atoms with E-state index in [2.05, 4.69) is 27.5 Å². The molecule has 0 aliphatic rings. The van der Waals surface area contributed by atoms with Crippen LogP contribution in [-0.2, 0) is 0 Å². The minimum absolute atomic E-state index is 0.282. The van der Waals surface area contributed by atoms with Gasteiger partial charge in [-0.25, -0.2) is 9.97 Å². The molecule has 0 radical (unpaired) electrons. The Morgan fingerprint density at radius 2 is 1.71 bits per heavy atom. The van der Waals surface area contributed by atoms with Gasteiger partial charge in [-0.15, -0.1) is 0 Å². The van der Waals surface area contributed by atoms with Crippen molar-refractivity contribution in [3.63, 3.8) is 0 Å². The highest BCUT2D eigenvalue weighted by Gasteiger charge is 2.09. The van der Waals surface area contributed by atoms with E-state index >= 15 is 0 Å². The molecular formula is C22H24N4O2. The van der Waals surface area contributed by atoms with Gasteiger partial charge in [0.1, 0.15) is 29.3 Å². The fourth-order valence-electron chi connectivity index (χ4n) is 2.60. The largest absolute Gasteiger partial charge is 0.457 e. The number of nitrogens with one attached hydrogen (secondary N) is 2. The second kappa shape index (κ2) is 10.1. The first-order valence-corrected chi connectivity index (χ1v) is 9.45. The quantitative estimate of drug-likeness (QED) is 0.507. The average Bonchev–Trinajstić information content (AvgIpc) is 2.74. The van der Waals surface area contributed by atoms with Gasteiger partial charge in [0.15, 0.2) is 0 Å². The maximum Gasteiger partial charge on any atom is 0.274 e. The standard InChI is InChI=1S/C22H24N4O2/c1-2-3-7-14-23-21-15-20(24-16-25-21)22(27)26-17-10-12-19(13-11-17)28-18-8-5-4-6-9-18/h4-6,8-13,15-16H,2-3,7,14H2,1H3,(H,26,27)(H,23,24,25). The van der Waals surface area contributed by atoms with E-state index in [1.165, 1.54) is 6.33 Å². The van der Waals surface area contributed by atoms with Gasteiger partial charge in [-0.3, -0.25) is 4.79 Å². The molecule has 0 bridgehead atoms. The molecule has 0 spiro atoms. The molecule has 0 aliphatic heterocycles. The normalized spacial score (nSPS) is 10.3. The molecule has 0 aliphatic carbocycles. The van der Waals surface area contributed by atoms with Gasteiger partial charge in [-0.1, -0.05) is 38.0 Å². The van der Waals surface area contributed by atoms with Gasteiger partial charge in [-0.2, -0.15) is 0 Å². The van der Waals surface area contributed by atoms with E-state index < -0.39 is 0 Å². The van der Waals surface area contributed by atoms with E-state index in [9.17, 15) is 4.79 Å². The van der Waals surface area contributed by atoms with Crippen molar-refractivity contribution >= 4 is 17.4 Å². The van der Waals surface area contributed by atoms with Gasteiger partial charge in [-0.05, 0) is 42.8 Å². The van der Waals surface area contributed by atoms with Crippen molar-refractivity contribution < 1.29 is 9.53 Å². The number of ether oxygens (including phenoxy) is 1. The monoisotopic (exact) mass is 376 g/mol. The molecule has 28 heavy (non-hydrogen) atoms. The summed E-state index contributed by atoms with van der Waals surface area (Å²) in [6.45, 7) is 2.99. The molecule has 1 aromatic heterocycles. The zero-order chi connectivity index (χ0) is 19.6. The van der Waals surface area contributed by atoms with Crippen LogP contribution in [0.5, 0.6) is 11.5 Å². The third-order valence-electron chi connectivity index (χ3n) is 4.08. The van der Waals surface area contributed by atoms with Crippen molar-refractivity contribution in [2.24, 2.45) is 0 Å². The minimum Gasteiger partial charge on any atom is -0.457 e. The fourth-order valence-corrected chi connectivity index (χ4v) is 2.60. The zero-order valence-corrected chi connectivity index (χ0v) is 15.9. The summed E-state index contributed by atoms with van der Waals surface area (Å²) < 4.78 is 5.75. The van der Waals surface area contributed by atoms with Crippen LogP contribution in [0.15, 0.2) is 67.0 Å². The second-order valence-corrected chi connectivity index (χ2v) is 6.32. The smallest absolute Gasteiger partial charge is 0.274 e. The number of anilines is 2. The van der Waals surface area contributed by atoms with E-state index in [-0.39, 0.29) is 5.91 Å². The molecule has 0 atom stereocenters. The first kappa shape index (κ1) is 19.4. The summed E-state index contributed by atoms with van der Waals surface area (Å²) in [5, 5.41) is 6.06. The number of para-hydroxylation sites is 1. The number of hydrogen-bond acceptors (Lipinski definition) is 5. The molecule has 2 N–H and O–H groups in total. The molecule has 144 valence electrons. The number of amides is 1. The van der Waals surface area contributed by atoms with E-state index in [1.807, 2.05) is 42.5 Å². The number of nitrogens with zero attached hydrogens (tertiary/aromatic N) is 2. The predicted molar refractivity (Wildman–Crippen MR) is 111 cm³/mol. The fraction of sp³-hybridized carbons (Fsp3) is 0.227. The summed E-state index contributed by atoms with van der Waals surface area (Å²) in [6, 6.07) is 18.4.